The number of nitrogens with one attached hydrogen (secondary N) is 1. The van der Waals surface area contributed by atoms with Gasteiger partial charge in [-0.2, -0.15) is 0 Å². The van der Waals surface area contributed by atoms with Gasteiger partial charge in [0.25, 0.3) is 0 Å². The van der Waals surface area contributed by atoms with Gasteiger partial charge in [-0.15, -0.1) is 0 Å². The van der Waals surface area contributed by atoms with Crippen LogP contribution < -0.4 is 9.47 Å². The van der Waals surface area contributed by atoms with Crippen molar-refractivity contribution in [1.82, 2.24) is 9.88 Å². The van der Waals surface area contributed by atoms with Gasteiger partial charge in [0.2, 0.25) is 0 Å². The van der Waals surface area contributed by atoms with Crippen LogP contribution in [0.5, 0.6) is 11.5 Å². The number of likely N-dealkylation sites (N-methyl/N-ethyl adjacent to an activating group) is 1. The van der Waals surface area contributed by atoms with Gasteiger partial charge >= 0.3 is 5.97 Å². The zero-order chi connectivity index (χ0) is 19.6. The number of nitrogens with zero attached hydrogens (tertiary/aromatic N) is 1. The van der Waals surface area contributed by atoms with Gasteiger partial charge in [-0.1, -0.05) is 6.07 Å². The number of H-pyrrole nitrogens is 1. The van der Waals surface area contributed by atoms with Crippen LogP contribution in [0.1, 0.15) is 15.9 Å². The van der Waals surface area contributed by atoms with E-state index in [4.69, 9.17) is 4.74 Å². The number of fused-ring (bicyclic) bond motifs is 1. The third-order valence-electron chi connectivity index (χ3n) is 4.22. The predicted octanol–water partition coefficient (Wildman–Crippen LogP) is 3.78. The molecule has 0 unspecified atom stereocenters. The summed E-state index contributed by atoms with van der Waals surface area (Å²) in [5.41, 5.74) is 1.59. The normalized spacial score (nSPS) is 11.2. The van der Waals surface area contributed by atoms with Crippen molar-refractivity contribution in [2.75, 3.05) is 27.7 Å². The summed E-state index contributed by atoms with van der Waals surface area (Å²) in [5, 5.41) is 0.780. The first-order valence-electron chi connectivity index (χ1n) is 8.39. The molecule has 0 saturated carbocycles. The molecule has 0 fully saturated rings. The van der Waals surface area contributed by atoms with Crippen LogP contribution in [0.15, 0.2) is 36.5 Å². The summed E-state index contributed by atoms with van der Waals surface area (Å²) in [6, 6.07) is 7.07. The van der Waals surface area contributed by atoms with E-state index in [0.717, 1.165) is 48.7 Å². The second-order valence-electron chi connectivity index (χ2n) is 6.41. The van der Waals surface area contributed by atoms with Crippen molar-refractivity contribution in [3.63, 3.8) is 0 Å². The van der Waals surface area contributed by atoms with Gasteiger partial charge in [-0.05, 0) is 50.3 Å². The Labute approximate surface area is 155 Å². The van der Waals surface area contributed by atoms with Crippen LogP contribution in [0.3, 0.4) is 0 Å². The average Bonchev–Trinajstić information content (AvgIpc) is 3.04. The van der Waals surface area contributed by atoms with Gasteiger partial charge in [0.05, 0.1) is 12.7 Å². The maximum absolute atomic E-state index is 13.9. The lowest BCUT2D eigenvalue weighted by Gasteiger charge is -2.11. The highest BCUT2D eigenvalue weighted by atomic mass is 19.1. The number of esters is 1. The van der Waals surface area contributed by atoms with Crippen molar-refractivity contribution in [2.45, 2.75) is 6.42 Å². The maximum atomic E-state index is 13.9. The Kier molecular flexibility index (Phi) is 5.41. The van der Waals surface area contributed by atoms with Crippen LogP contribution in [0.4, 0.5) is 8.78 Å². The number of carbonyl (C=O) groups excluding carboxylic acids is 1. The fourth-order valence-corrected chi connectivity index (χ4v) is 2.88. The molecule has 1 aromatic heterocycles. The lowest BCUT2D eigenvalue weighted by molar-refractivity contribution is 0.0736. The quantitative estimate of drug-likeness (QED) is 0.527. The minimum absolute atomic E-state index is 0.229. The smallest absolute Gasteiger partial charge is 0.343 e. The van der Waals surface area contributed by atoms with E-state index in [9.17, 15) is 13.6 Å². The highest BCUT2D eigenvalue weighted by molar-refractivity contribution is 5.96. The lowest BCUT2D eigenvalue weighted by atomic mass is 10.1. The molecule has 3 rings (SSSR count). The van der Waals surface area contributed by atoms with Crippen molar-refractivity contribution in [2.24, 2.45) is 0 Å². The third kappa shape index (κ3) is 3.93. The van der Waals surface area contributed by atoms with Crippen molar-refractivity contribution < 1.29 is 23.0 Å². The summed E-state index contributed by atoms with van der Waals surface area (Å²) in [5.74, 6) is -2.97. The number of methoxy groups -OCH3 is 1. The number of rotatable bonds is 6. The van der Waals surface area contributed by atoms with Crippen LogP contribution in [0, 0.1) is 11.6 Å². The Morgan fingerprint density at radius 3 is 2.52 bits per heavy atom. The predicted molar refractivity (Wildman–Crippen MR) is 98.4 cm³/mol. The van der Waals surface area contributed by atoms with Gasteiger partial charge in [0, 0.05) is 23.6 Å². The Morgan fingerprint density at radius 1 is 1.19 bits per heavy atom. The molecule has 1 N–H and O–H groups in total. The summed E-state index contributed by atoms with van der Waals surface area (Å²) in [7, 11) is 5.10. The summed E-state index contributed by atoms with van der Waals surface area (Å²) in [6.45, 7) is 0.824. The van der Waals surface area contributed by atoms with Gasteiger partial charge in [-0.25, -0.2) is 13.6 Å². The van der Waals surface area contributed by atoms with Crippen molar-refractivity contribution >= 4 is 16.9 Å². The van der Waals surface area contributed by atoms with Crippen LogP contribution in [0.25, 0.3) is 10.9 Å². The molecule has 27 heavy (non-hydrogen) atoms. The average molecular weight is 374 g/mol. The third-order valence-corrected chi connectivity index (χ3v) is 4.22. The Hall–Kier alpha value is -2.93. The number of aromatic nitrogens is 1. The van der Waals surface area contributed by atoms with Gasteiger partial charge in [0.15, 0.2) is 17.4 Å². The molecule has 3 aromatic rings. The fourth-order valence-electron chi connectivity index (χ4n) is 2.88. The minimum Gasteiger partial charge on any atom is -0.491 e. The van der Waals surface area contributed by atoms with E-state index in [1.54, 1.807) is 12.1 Å². The molecule has 142 valence electrons. The minimum atomic E-state index is -0.962. The number of hydrogen-bond donors (Lipinski definition) is 1. The van der Waals surface area contributed by atoms with E-state index < -0.39 is 23.4 Å². The second kappa shape index (κ2) is 7.75. The van der Waals surface area contributed by atoms with E-state index in [2.05, 4.69) is 14.6 Å². The highest BCUT2D eigenvalue weighted by Gasteiger charge is 2.19. The summed E-state index contributed by atoms with van der Waals surface area (Å²) < 4.78 is 37.8. The summed E-state index contributed by atoms with van der Waals surface area (Å²) >= 11 is 0. The fraction of sp³-hybridized carbons (Fsp3) is 0.250. The zero-order valence-electron chi connectivity index (χ0n) is 15.3. The van der Waals surface area contributed by atoms with Crippen LogP contribution in [0.2, 0.25) is 0 Å². The number of benzene rings is 2. The molecule has 0 aliphatic carbocycles. The Morgan fingerprint density at radius 2 is 1.89 bits per heavy atom. The first-order chi connectivity index (χ1) is 12.9. The first-order valence-corrected chi connectivity index (χ1v) is 8.39. The van der Waals surface area contributed by atoms with E-state index in [1.165, 1.54) is 0 Å². The lowest BCUT2D eigenvalue weighted by Crippen LogP contribution is -2.15. The number of hydrogen-bond acceptors (Lipinski definition) is 4. The van der Waals surface area contributed by atoms with E-state index >= 15 is 0 Å². The molecule has 0 bridgehead atoms. The van der Waals surface area contributed by atoms with Crippen molar-refractivity contribution in [1.29, 1.82) is 0 Å². The molecule has 0 spiro atoms. The SMILES string of the molecule is COc1c(F)cc(C(=O)Oc2cccc3[nH]cc(CCN(C)C)c23)cc1F. The topological polar surface area (TPSA) is 54.6 Å². The molecule has 0 aliphatic heterocycles. The molecular weight excluding hydrogens is 354 g/mol. The Bertz CT molecular complexity index is 960. The number of ether oxygens (including phenoxy) is 2. The van der Waals surface area contributed by atoms with Gasteiger partial charge in [0.1, 0.15) is 5.75 Å². The largest absolute Gasteiger partial charge is 0.491 e. The van der Waals surface area contributed by atoms with Crippen LogP contribution >= 0.6 is 0 Å². The molecule has 5 nitrogen and oxygen atoms in total. The standard InChI is InChI=1S/C20H20F2N2O3/c1-24(2)8-7-12-11-23-16-5-4-6-17(18(12)16)27-20(25)13-9-14(21)19(26-3)15(22)10-13/h4-6,9-11,23H,7-8H2,1-3H3. The van der Waals surface area contributed by atoms with Crippen molar-refractivity contribution in [3.8, 4) is 11.5 Å². The number of carbonyl (C=O) groups is 1. The molecule has 2 aromatic carbocycles. The van der Waals surface area contributed by atoms with E-state index in [1.807, 2.05) is 26.4 Å². The molecule has 0 amide bonds. The molecule has 1 heterocycles. The molecule has 0 saturated heterocycles. The van der Waals surface area contributed by atoms with Gasteiger partial charge in [-0.3, -0.25) is 0 Å². The molecule has 7 heteroatoms. The zero-order valence-corrected chi connectivity index (χ0v) is 15.3. The molecular formula is C20H20F2N2O3. The summed E-state index contributed by atoms with van der Waals surface area (Å²) in [4.78, 5) is 17.7. The van der Waals surface area contributed by atoms with Crippen molar-refractivity contribution in [3.05, 3.63) is 59.3 Å². The van der Waals surface area contributed by atoms with Crippen LogP contribution in [-0.4, -0.2) is 43.6 Å². The van der Waals surface area contributed by atoms with Gasteiger partial charge < -0.3 is 19.4 Å². The monoisotopic (exact) mass is 374 g/mol. The maximum Gasteiger partial charge on any atom is 0.343 e. The highest BCUT2D eigenvalue weighted by Crippen LogP contribution is 2.30. The first kappa shape index (κ1) is 18.8. The number of aromatic amines is 1. The Balaban J connectivity index is 1.92. The van der Waals surface area contributed by atoms with E-state index in [-0.39, 0.29) is 5.56 Å². The molecule has 0 radical (unpaired) electrons. The molecule has 0 aliphatic rings. The second-order valence-corrected chi connectivity index (χ2v) is 6.41. The van der Waals surface area contributed by atoms with E-state index in [0.29, 0.717) is 5.75 Å². The molecule has 0 atom stereocenters. The summed E-state index contributed by atoms with van der Waals surface area (Å²) in [6.07, 6.45) is 2.63. The number of halogens is 2. The van der Waals surface area contributed by atoms with Crippen LogP contribution in [-0.2, 0) is 6.42 Å².